The Morgan fingerprint density at radius 1 is 0.241 bits per heavy atom. The maximum absolute atomic E-state index is 7.46. The lowest BCUT2D eigenvalue weighted by Gasteiger charge is -2.15. The molecule has 0 N–H and O–H groups in total. The number of aromatic nitrogens is 6. The molecule has 0 bridgehead atoms. The van der Waals surface area contributed by atoms with E-state index in [-0.39, 0.29) is 0 Å². The van der Waals surface area contributed by atoms with Gasteiger partial charge in [0.1, 0.15) is 39.0 Å². The molecule has 0 fully saturated rings. The molecule has 25 aromatic rings. The zero-order valence-electron chi connectivity index (χ0n) is 57.3. The molecule has 17 aromatic carbocycles. The number of rotatable bonds is 6. The van der Waals surface area contributed by atoms with Crippen molar-refractivity contribution < 1.29 is 13.3 Å². The fourth-order valence-corrected chi connectivity index (χ4v) is 19.5. The average Bonchev–Trinajstić information content (AvgIpc) is 1.50. The Morgan fingerprint density at radius 3 is 1.25 bits per heavy atom. The number of benzene rings is 17. The van der Waals surface area contributed by atoms with Crippen LogP contribution in [0.25, 0.3) is 251 Å². The van der Waals surface area contributed by atoms with Gasteiger partial charge in [0.15, 0.2) is 16.7 Å². The van der Waals surface area contributed by atoms with Crippen molar-refractivity contribution in [3.05, 3.63) is 315 Å². The molecule has 0 aliphatic rings. The van der Waals surface area contributed by atoms with Crippen LogP contribution in [0.3, 0.4) is 0 Å². The molecule has 8 aromatic heterocycles. The summed E-state index contributed by atoms with van der Waals surface area (Å²) in [5.74, 6) is 1.07. The van der Waals surface area contributed by atoms with E-state index in [0.717, 1.165) is 195 Å². The second-order valence-electron chi connectivity index (χ2n) is 28.4. The number of nitrogens with zero attached hydrogens (tertiary/aromatic N) is 6. The molecule has 8 heterocycles. The highest BCUT2D eigenvalue weighted by Crippen LogP contribution is 2.54. The summed E-state index contributed by atoms with van der Waals surface area (Å²) >= 11 is 1.74. The average molecular weight is 1390 g/mol. The summed E-state index contributed by atoms with van der Waals surface area (Å²) in [7, 11) is 0. The topological polar surface area (TPSA) is 101 Å². The van der Waals surface area contributed by atoms with Gasteiger partial charge in [-0.3, -0.25) is 9.13 Å². The minimum atomic E-state index is 0.504. The minimum absolute atomic E-state index is 0.504. The van der Waals surface area contributed by atoms with Crippen LogP contribution >= 0.6 is 11.3 Å². The van der Waals surface area contributed by atoms with Gasteiger partial charge >= 0.3 is 0 Å². The molecule has 0 aliphatic carbocycles. The number of para-hydroxylation sites is 5. The lowest BCUT2D eigenvalue weighted by atomic mass is 9.88. The van der Waals surface area contributed by atoms with Gasteiger partial charge in [-0.15, -0.1) is 11.3 Å². The van der Waals surface area contributed by atoms with Crippen LogP contribution in [-0.4, -0.2) is 29.1 Å². The third-order valence-corrected chi connectivity index (χ3v) is 24.1. The first-order valence-electron chi connectivity index (χ1n) is 36.5. The van der Waals surface area contributed by atoms with Crippen LogP contribution in [0.5, 0.6) is 0 Å². The van der Waals surface area contributed by atoms with Crippen LogP contribution in [0.1, 0.15) is 0 Å². The molecule has 0 spiro atoms. The van der Waals surface area contributed by atoms with Gasteiger partial charge in [0.25, 0.3) is 0 Å². The van der Waals surface area contributed by atoms with Crippen molar-refractivity contribution in [2.75, 3.05) is 0 Å². The van der Waals surface area contributed by atoms with Gasteiger partial charge in [0.05, 0.1) is 26.9 Å². The van der Waals surface area contributed by atoms with Crippen molar-refractivity contribution in [2.45, 2.75) is 0 Å². The zero-order valence-corrected chi connectivity index (χ0v) is 58.2. The quantitative estimate of drug-likeness (QED) is 0.153. The smallest absolute Gasteiger partial charge is 0.236 e. The van der Waals surface area contributed by atoms with Crippen molar-refractivity contribution in [3.8, 4) is 56.7 Å². The van der Waals surface area contributed by atoms with Gasteiger partial charge in [-0.25, -0.2) is 19.9 Å². The molecule has 9 nitrogen and oxygen atoms in total. The third kappa shape index (κ3) is 7.81. The Morgan fingerprint density at radius 2 is 0.657 bits per heavy atom. The SMILES string of the molecule is c1ccc(-c2ccc(-c3nc(-n4c5ccccc5c5c6c7ccc(-c8cccc9c8oc8c(-c%10ccccc%10)nc(-n%10c%11ccccc%11c%11c%12c%13ccccc%13c%13ccccc%13c%12c%12c%13ccccc%13oc%12c%11%10)nc89)cc7c7ccccc7c6c6c7ccccc7oc6c54)nc4c3sc3ccccc34)cc2)cc1. The summed E-state index contributed by atoms with van der Waals surface area (Å²) in [4.78, 5) is 23.0. The first-order valence-corrected chi connectivity index (χ1v) is 37.3. The lowest BCUT2D eigenvalue weighted by Crippen LogP contribution is -2.03. The summed E-state index contributed by atoms with van der Waals surface area (Å²) in [5, 5.41) is 24.2. The van der Waals surface area contributed by atoms with E-state index in [1.165, 1.54) is 21.5 Å². The van der Waals surface area contributed by atoms with Crippen molar-refractivity contribution in [1.82, 2.24) is 29.1 Å². The number of hydrogen-bond acceptors (Lipinski definition) is 8. The molecule has 108 heavy (non-hydrogen) atoms. The number of furan rings is 3. The van der Waals surface area contributed by atoms with Crippen LogP contribution in [0.15, 0.2) is 329 Å². The molecule has 0 unspecified atom stereocenters. The summed E-state index contributed by atoms with van der Waals surface area (Å²) in [6.07, 6.45) is 0. The predicted molar refractivity (Wildman–Crippen MR) is 448 cm³/mol. The van der Waals surface area contributed by atoms with Gasteiger partial charge in [-0.05, 0) is 102 Å². The van der Waals surface area contributed by atoms with Crippen LogP contribution in [0.2, 0.25) is 0 Å². The molecule has 0 aliphatic heterocycles. The maximum Gasteiger partial charge on any atom is 0.236 e. The molecule has 0 amide bonds. The minimum Gasteiger partial charge on any atom is -0.454 e. The predicted octanol–water partition coefficient (Wildman–Crippen LogP) is 27.1. The van der Waals surface area contributed by atoms with Crippen LogP contribution < -0.4 is 0 Å². The highest BCUT2D eigenvalue weighted by atomic mass is 32.1. The second kappa shape index (κ2) is 21.7. The largest absolute Gasteiger partial charge is 0.454 e. The van der Waals surface area contributed by atoms with Crippen molar-refractivity contribution in [3.63, 3.8) is 0 Å². The molecule has 0 atom stereocenters. The highest BCUT2D eigenvalue weighted by molar-refractivity contribution is 7.26. The van der Waals surface area contributed by atoms with Crippen LogP contribution in [0, 0.1) is 0 Å². The van der Waals surface area contributed by atoms with E-state index >= 15 is 0 Å². The lowest BCUT2D eigenvalue weighted by molar-refractivity contribution is 0.667. The van der Waals surface area contributed by atoms with E-state index in [2.05, 4.69) is 319 Å². The Labute approximate surface area is 616 Å². The first kappa shape index (κ1) is 58.1. The highest BCUT2D eigenvalue weighted by Gasteiger charge is 2.32. The molecule has 25 rings (SSSR count). The molecule has 0 radical (unpaired) electrons. The number of thiophene rings is 1. The van der Waals surface area contributed by atoms with Crippen LogP contribution in [0.4, 0.5) is 0 Å². The maximum atomic E-state index is 7.46. The van der Waals surface area contributed by atoms with Crippen LogP contribution in [-0.2, 0) is 0 Å². The van der Waals surface area contributed by atoms with Gasteiger partial charge < -0.3 is 13.3 Å². The van der Waals surface area contributed by atoms with Gasteiger partial charge in [0.2, 0.25) is 11.9 Å². The van der Waals surface area contributed by atoms with E-state index in [9.17, 15) is 0 Å². The Kier molecular flexibility index (Phi) is 11.6. The van der Waals surface area contributed by atoms with E-state index in [0.29, 0.717) is 34.3 Å². The molecule has 498 valence electrons. The summed E-state index contributed by atoms with van der Waals surface area (Å²) in [5.41, 5.74) is 17.5. The summed E-state index contributed by atoms with van der Waals surface area (Å²) in [6, 6.07) is 113. The monoisotopic (exact) mass is 1390 g/mol. The normalized spacial score (nSPS) is 12.4. The Bertz CT molecular complexity index is 8310. The number of fused-ring (bicyclic) bond motifs is 36. The van der Waals surface area contributed by atoms with E-state index in [1.54, 1.807) is 11.3 Å². The van der Waals surface area contributed by atoms with Gasteiger partial charge in [-0.1, -0.05) is 273 Å². The second-order valence-corrected chi connectivity index (χ2v) is 29.5. The molecule has 0 saturated carbocycles. The molecule has 10 heteroatoms. The Hall–Kier alpha value is -14.3. The van der Waals surface area contributed by atoms with E-state index < -0.39 is 0 Å². The fraction of sp³-hybridized carbons (Fsp3) is 0. The van der Waals surface area contributed by atoms with Gasteiger partial charge in [0, 0.05) is 96.8 Å². The van der Waals surface area contributed by atoms with Crippen molar-refractivity contribution in [1.29, 1.82) is 0 Å². The number of hydrogen-bond donors (Lipinski definition) is 0. The van der Waals surface area contributed by atoms with E-state index in [1.807, 2.05) is 6.07 Å². The first-order chi connectivity index (χ1) is 53.6. The third-order valence-electron chi connectivity index (χ3n) is 22.9. The summed E-state index contributed by atoms with van der Waals surface area (Å²) in [6.45, 7) is 0. The molecular formula is C98H52N6O3S. The van der Waals surface area contributed by atoms with Gasteiger partial charge in [-0.2, -0.15) is 0 Å². The van der Waals surface area contributed by atoms with E-state index in [4.69, 9.17) is 33.2 Å². The van der Waals surface area contributed by atoms with Crippen molar-refractivity contribution >= 4 is 206 Å². The zero-order chi connectivity index (χ0) is 70.1. The molecular weight excluding hydrogens is 1340 g/mol. The van der Waals surface area contributed by atoms with Crippen molar-refractivity contribution in [2.24, 2.45) is 0 Å². The molecule has 0 saturated heterocycles. The fourth-order valence-electron chi connectivity index (χ4n) is 18.4. The standard InChI is InChI=1S/C98H52N6O3S/c1-3-24-53(25-4-1)54-46-48-56(49-47-54)87-96-89(70-38-17-22-45-77(70)108-96)102-98(100-87)104-74-42-19-14-35-67(74)83-79-65-51-50-57(52-72(65)61-30-9-12-33-64(61)81(79)85-69-37-16-21-44-76(69)106-94(85)91(83)104)58-39-23-40-71-88-95(107-92(58)71)86(55-26-5-2-6-27-55)99-97(101-88)103-73-41-18-13-34-66(73)82-78-62-31-10-7-28-59(62)60-29-8-11-32-63(60)80(78)84-68-36-15-20-43-75(68)105-93(84)90(82)103/h1-52H. The Balaban J connectivity index is 0.750. The summed E-state index contributed by atoms with van der Waals surface area (Å²) < 4.78 is 28.8.